The Hall–Kier alpha value is -1.08. The first-order valence-electron chi connectivity index (χ1n) is 7.61. The van der Waals surface area contributed by atoms with Gasteiger partial charge in [-0.1, -0.05) is 75.3 Å². The van der Waals surface area contributed by atoms with E-state index in [-0.39, 0.29) is 6.10 Å². The lowest BCUT2D eigenvalue weighted by atomic mass is 10.1. The predicted octanol–water partition coefficient (Wildman–Crippen LogP) is 5.34. The maximum atomic E-state index is 9.68. The van der Waals surface area contributed by atoms with Crippen LogP contribution in [0.1, 0.15) is 58.8 Å². The van der Waals surface area contributed by atoms with Gasteiger partial charge in [0.15, 0.2) is 0 Å². The van der Waals surface area contributed by atoms with Crippen molar-refractivity contribution in [3.8, 4) is 0 Å². The van der Waals surface area contributed by atoms with Crippen molar-refractivity contribution >= 4 is 0 Å². The summed E-state index contributed by atoms with van der Waals surface area (Å²) in [4.78, 5) is 0. The van der Waals surface area contributed by atoms with Crippen LogP contribution in [-0.4, -0.2) is 11.2 Å². The van der Waals surface area contributed by atoms with Gasteiger partial charge in [0, 0.05) is 0 Å². The molecule has 1 heteroatoms. The summed E-state index contributed by atoms with van der Waals surface area (Å²) >= 11 is 0. The van der Waals surface area contributed by atoms with Gasteiger partial charge < -0.3 is 5.11 Å². The topological polar surface area (TPSA) is 20.2 Å². The number of unbranched alkanes of at least 4 members (excludes halogenated alkanes) is 2. The van der Waals surface area contributed by atoms with Crippen molar-refractivity contribution in [1.29, 1.82) is 0 Å². The number of aliphatic hydroxyl groups is 1. The van der Waals surface area contributed by atoms with E-state index in [2.05, 4.69) is 56.4 Å². The van der Waals surface area contributed by atoms with Gasteiger partial charge in [-0.15, -0.1) is 0 Å². The maximum absolute atomic E-state index is 9.68. The summed E-state index contributed by atoms with van der Waals surface area (Å²) in [6.07, 6.45) is 23.8. The minimum Gasteiger partial charge on any atom is -0.389 e. The highest BCUT2D eigenvalue weighted by Gasteiger charge is 1.93. The number of allylic oxidation sites excluding steroid dienone is 6. The largest absolute Gasteiger partial charge is 0.389 e. The normalized spacial score (nSPS) is 14.5. The third-order valence-corrected chi connectivity index (χ3v) is 2.74. The number of aliphatic hydroxyl groups excluding tert-OH is 1. The van der Waals surface area contributed by atoms with Crippen molar-refractivity contribution in [2.75, 3.05) is 0 Å². The summed E-state index contributed by atoms with van der Waals surface area (Å²) in [5.74, 6) is 0. The molecule has 108 valence electrons. The van der Waals surface area contributed by atoms with Crippen LogP contribution >= 0.6 is 0 Å². The summed E-state index contributed by atoms with van der Waals surface area (Å²) in [6.45, 7) is 4.32. The highest BCUT2D eigenvalue weighted by Crippen LogP contribution is 2.01. The predicted molar refractivity (Wildman–Crippen MR) is 86.2 cm³/mol. The third-order valence-electron chi connectivity index (χ3n) is 2.74. The van der Waals surface area contributed by atoms with Crippen molar-refractivity contribution in [2.45, 2.75) is 64.9 Å². The second kappa shape index (κ2) is 15.0. The van der Waals surface area contributed by atoms with Crippen LogP contribution in [0, 0.1) is 0 Å². The zero-order valence-corrected chi connectivity index (χ0v) is 12.6. The Morgan fingerprint density at radius 1 is 0.842 bits per heavy atom. The van der Waals surface area contributed by atoms with Crippen molar-refractivity contribution in [3.05, 3.63) is 48.6 Å². The molecule has 0 amide bonds. The second-order valence-electron chi connectivity index (χ2n) is 4.67. The summed E-state index contributed by atoms with van der Waals surface area (Å²) in [6, 6.07) is 0. The lowest BCUT2D eigenvalue weighted by molar-refractivity contribution is 0.226. The SMILES string of the molecule is CC/C=C\C/C=C\C/C=C\CC(O)/C=C/CCCC. The van der Waals surface area contributed by atoms with E-state index in [1.54, 1.807) is 0 Å². The number of hydrogen-bond acceptors (Lipinski definition) is 1. The average molecular weight is 262 g/mol. The van der Waals surface area contributed by atoms with E-state index in [0.29, 0.717) is 6.42 Å². The molecule has 1 atom stereocenters. The van der Waals surface area contributed by atoms with Gasteiger partial charge in [-0.2, -0.15) is 0 Å². The summed E-state index contributed by atoms with van der Waals surface area (Å²) in [5.41, 5.74) is 0. The maximum Gasteiger partial charge on any atom is 0.0755 e. The molecule has 1 nitrogen and oxygen atoms in total. The molecule has 0 aromatic heterocycles. The van der Waals surface area contributed by atoms with Gasteiger partial charge in [-0.25, -0.2) is 0 Å². The molecule has 1 unspecified atom stereocenters. The Kier molecular flexibility index (Phi) is 14.1. The Bertz CT molecular complexity index is 284. The Morgan fingerprint density at radius 3 is 2.11 bits per heavy atom. The Balaban J connectivity index is 3.56. The van der Waals surface area contributed by atoms with Crippen molar-refractivity contribution in [3.63, 3.8) is 0 Å². The minimum absolute atomic E-state index is 0.329. The first-order valence-corrected chi connectivity index (χ1v) is 7.61. The van der Waals surface area contributed by atoms with Crippen LogP contribution in [0.15, 0.2) is 48.6 Å². The summed E-state index contributed by atoms with van der Waals surface area (Å²) < 4.78 is 0. The van der Waals surface area contributed by atoms with Gasteiger partial charge in [0.05, 0.1) is 6.10 Å². The fourth-order valence-corrected chi connectivity index (χ4v) is 1.60. The number of rotatable bonds is 11. The zero-order chi connectivity index (χ0) is 14.2. The average Bonchev–Trinajstić information content (AvgIpc) is 2.42. The summed E-state index contributed by atoms with van der Waals surface area (Å²) in [7, 11) is 0. The molecule has 0 aliphatic carbocycles. The van der Waals surface area contributed by atoms with Gasteiger partial charge in [0.1, 0.15) is 0 Å². The molecule has 0 rings (SSSR count). The van der Waals surface area contributed by atoms with E-state index in [0.717, 1.165) is 25.7 Å². The fraction of sp³-hybridized carbons (Fsp3) is 0.556. The molecule has 0 aromatic rings. The molecule has 0 saturated heterocycles. The molecule has 0 aromatic carbocycles. The Morgan fingerprint density at radius 2 is 1.47 bits per heavy atom. The van der Waals surface area contributed by atoms with Crippen LogP contribution < -0.4 is 0 Å². The standard InChI is InChI=1S/C18H30O/c1-3-5-7-9-10-11-12-13-15-17-18(19)16-14-8-6-4-2/h5,7,10-11,13-16,18-19H,3-4,6,8-9,12,17H2,1-2H3/b7-5-,11-10-,15-13-,16-14+. The van der Waals surface area contributed by atoms with E-state index in [1.165, 1.54) is 12.8 Å². The van der Waals surface area contributed by atoms with Crippen LogP contribution in [0.25, 0.3) is 0 Å². The highest BCUT2D eigenvalue weighted by atomic mass is 16.3. The summed E-state index contributed by atoms with van der Waals surface area (Å²) in [5, 5.41) is 9.68. The number of hydrogen-bond donors (Lipinski definition) is 1. The molecule has 0 aliphatic rings. The van der Waals surface area contributed by atoms with Gasteiger partial charge in [-0.3, -0.25) is 0 Å². The van der Waals surface area contributed by atoms with Crippen LogP contribution in [0.2, 0.25) is 0 Å². The van der Waals surface area contributed by atoms with E-state index >= 15 is 0 Å². The molecule has 0 radical (unpaired) electrons. The molecule has 19 heavy (non-hydrogen) atoms. The fourth-order valence-electron chi connectivity index (χ4n) is 1.60. The first-order chi connectivity index (χ1) is 9.31. The lowest BCUT2D eigenvalue weighted by Gasteiger charge is -1.99. The van der Waals surface area contributed by atoms with E-state index in [4.69, 9.17) is 0 Å². The Labute approximate surface area is 119 Å². The molecule has 0 bridgehead atoms. The lowest BCUT2D eigenvalue weighted by Crippen LogP contribution is -1.98. The zero-order valence-electron chi connectivity index (χ0n) is 12.6. The first kappa shape index (κ1) is 17.9. The second-order valence-corrected chi connectivity index (χ2v) is 4.67. The molecule has 0 saturated carbocycles. The monoisotopic (exact) mass is 262 g/mol. The van der Waals surface area contributed by atoms with Crippen LogP contribution in [0.5, 0.6) is 0 Å². The van der Waals surface area contributed by atoms with E-state index in [1.807, 2.05) is 6.08 Å². The highest BCUT2D eigenvalue weighted by molar-refractivity contribution is 4.99. The van der Waals surface area contributed by atoms with E-state index in [9.17, 15) is 5.11 Å². The van der Waals surface area contributed by atoms with Crippen molar-refractivity contribution in [1.82, 2.24) is 0 Å². The van der Waals surface area contributed by atoms with Gasteiger partial charge >= 0.3 is 0 Å². The minimum atomic E-state index is -0.329. The van der Waals surface area contributed by atoms with Crippen molar-refractivity contribution in [2.24, 2.45) is 0 Å². The van der Waals surface area contributed by atoms with Crippen LogP contribution in [0.4, 0.5) is 0 Å². The quantitative estimate of drug-likeness (QED) is 0.393. The molecule has 0 aliphatic heterocycles. The van der Waals surface area contributed by atoms with Gasteiger partial charge in [0.2, 0.25) is 0 Å². The van der Waals surface area contributed by atoms with Crippen LogP contribution in [0.3, 0.4) is 0 Å². The molecule has 1 N–H and O–H groups in total. The molecule has 0 fully saturated rings. The van der Waals surface area contributed by atoms with E-state index < -0.39 is 0 Å². The molecule has 0 spiro atoms. The van der Waals surface area contributed by atoms with Gasteiger partial charge in [0.25, 0.3) is 0 Å². The van der Waals surface area contributed by atoms with Crippen LogP contribution in [-0.2, 0) is 0 Å². The smallest absolute Gasteiger partial charge is 0.0755 e. The molecule has 0 heterocycles. The van der Waals surface area contributed by atoms with Crippen molar-refractivity contribution < 1.29 is 5.11 Å². The van der Waals surface area contributed by atoms with Gasteiger partial charge in [-0.05, 0) is 32.1 Å². The molecular formula is C18H30O. The third kappa shape index (κ3) is 14.9. The molecular weight excluding hydrogens is 232 g/mol.